The maximum absolute atomic E-state index is 13.3. The minimum atomic E-state index is -0.609. The van der Waals surface area contributed by atoms with Crippen molar-refractivity contribution in [3.05, 3.63) is 83.3 Å². The fourth-order valence-corrected chi connectivity index (χ4v) is 3.31. The highest BCUT2D eigenvalue weighted by molar-refractivity contribution is 6.12. The van der Waals surface area contributed by atoms with Gasteiger partial charge in [-0.2, -0.15) is 0 Å². The monoisotopic (exact) mass is 362 g/mol. The van der Waals surface area contributed by atoms with Crippen LogP contribution >= 0.6 is 0 Å². The number of para-hydroxylation sites is 1. The highest BCUT2D eigenvalue weighted by atomic mass is 16.5. The minimum absolute atomic E-state index is 0.0693. The summed E-state index contributed by atoms with van der Waals surface area (Å²) in [6.07, 6.45) is 0.810. The van der Waals surface area contributed by atoms with E-state index in [4.69, 9.17) is 9.15 Å². The Bertz CT molecular complexity index is 1020. The number of rotatable bonds is 3. The number of carbonyl (C=O) groups is 2. The van der Waals surface area contributed by atoms with Crippen LogP contribution in [0.2, 0.25) is 0 Å². The zero-order valence-corrected chi connectivity index (χ0v) is 14.9. The lowest BCUT2D eigenvalue weighted by molar-refractivity contribution is 0.0562. The molecule has 1 aliphatic heterocycles. The molecule has 0 aliphatic carbocycles. The van der Waals surface area contributed by atoms with E-state index in [1.807, 2.05) is 49.4 Å². The summed E-state index contributed by atoms with van der Waals surface area (Å²) in [6.45, 7) is 1.96. The molecular weight excluding hydrogens is 344 g/mol. The van der Waals surface area contributed by atoms with E-state index < -0.39 is 12.1 Å². The number of nitrogens with one attached hydrogen (secondary N) is 1. The zero-order valence-electron chi connectivity index (χ0n) is 14.9. The molecule has 0 unspecified atom stereocenters. The molecule has 0 radical (unpaired) electrons. The lowest BCUT2D eigenvalue weighted by Gasteiger charge is -2.37. The molecule has 0 saturated carbocycles. The number of amides is 1. The van der Waals surface area contributed by atoms with Gasteiger partial charge in [0.25, 0.3) is 5.91 Å². The molecule has 6 nitrogen and oxygen atoms in total. The average molecular weight is 362 g/mol. The van der Waals surface area contributed by atoms with Crippen LogP contribution in [0.3, 0.4) is 0 Å². The summed E-state index contributed by atoms with van der Waals surface area (Å²) in [7, 11) is 1.29. The van der Waals surface area contributed by atoms with Crippen molar-refractivity contribution in [2.45, 2.75) is 13.1 Å². The van der Waals surface area contributed by atoms with E-state index in [1.165, 1.54) is 13.4 Å². The number of fused-ring (bicyclic) bond motifs is 1. The SMILES string of the molecule is COC(=O)c1occc1[C@@H]1Nc2ccccc2C(=O)N1c1cccc(C)c1. The second kappa shape index (κ2) is 6.64. The van der Waals surface area contributed by atoms with Crippen molar-refractivity contribution < 1.29 is 18.7 Å². The van der Waals surface area contributed by atoms with Crippen LogP contribution in [0.15, 0.2) is 65.3 Å². The molecule has 136 valence electrons. The van der Waals surface area contributed by atoms with Gasteiger partial charge in [-0.3, -0.25) is 9.69 Å². The van der Waals surface area contributed by atoms with Crippen molar-refractivity contribution in [1.29, 1.82) is 0 Å². The molecule has 0 saturated heterocycles. The Kier molecular flexibility index (Phi) is 4.16. The maximum Gasteiger partial charge on any atom is 0.374 e. The smallest absolute Gasteiger partial charge is 0.374 e. The number of methoxy groups -OCH3 is 1. The fourth-order valence-electron chi connectivity index (χ4n) is 3.31. The molecule has 3 aromatic rings. The standard InChI is InChI=1S/C21H18N2O4/c1-13-6-5-7-14(12-13)23-19(16-10-11-27-18(16)21(25)26-2)22-17-9-4-3-8-15(17)20(23)24/h3-12,19,22H,1-2H3/t19-/m1/s1. The Morgan fingerprint density at radius 1 is 1.15 bits per heavy atom. The highest BCUT2D eigenvalue weighted by Crippen LogP contribution is 2.38. The number of hydrogen-bond acceptors (Lipinski definition) is 5. The first-order valence-corrected chi connectivity index (χ1v) is 8.51. The van der Waals surface area contributed by atoms with Crippen molar-refractivity contribution >= 4 is 23.3 Å². The average Bonchev–Trinajstić information content (AvgIpc) is 3.17. The minimum Gasteiger partial charge on any atom is -0.463 e. The third kappa shape index (κ3) is 2.85. The number of carbonyl (C=O) groups excluding carboxylic acids is 2. The molecule has 0 spiro atoms. The second-order valence-corrected chi connectivity index (χ2v) is 6.30. The van der Waals surface area contributed by atoms with Crippen LogP contribution in [0.4, 0.5) is 11.4 Å². The van der Waals surface area contributed by atoms with E-state index in [2.05, 4.69) is 5.32 Å². The van der Waals surface area contributed by atoms with Crippen LogP contribution in [0.5, 0.6) is 0 Å². The van der Waals surface area contributed by atoms with E-state index in [1.54, 1.807) is 17.0 Å². The number of aryl methyl sites for hydroxylation is 1. The predicted molar refractivity (Wildman–Crippen MR) is 101 cm³/mol. The van der Waals surface area contributed by atoms with Crippen molar-refractivity contribution in [1.82, 2.24) is 0 Å². The second-order valence-electron chi connectivity index (χ2n) is 6.30. The lowest BCUT2D eigenvalue weighted by atomic mass is 10.0. The van der Waals surface area contributed by atoms with Gasteiger partial charge < -0.3 is 14.5 Å². The van der Waals surface area contributed by atoms with Crippen LogP contribution in [-0.2, 0) is 4.74 Å². The Labute approximate surface area is 156 Å². The van der Waals surface area contributed by atoms with Gasteiger partial charge in [0.15, 0.2) is 0 Å². The number of furan rings is 1. The highest BCUT2D eigenvalue weighted by Gasteiger charge is 2.37. The van der Waals surface area contributed by atoms with Gasteiger partial charge in [-0.15, -0.1) is 0 Å². The summed E-state index contributed by atoms with van der Waals surface area (Å²) in [5.41, 5.74) is 3.56. The van der Waals surface area contributed by atoms with Gasteiger partial charge >= 0.3 is 5.97 Å². The lowest BCUT2D eigenvalue weighted by Crippen LogP contribution is -2.43. The number of anilines is 2. The van der Waals surface area contributed by atoms with Gasteiger partial charge in [-0.25, -0.2) is 4.79 Å². The van der Waals surface area contributed by atoms with Crippen LogP contribution in [0, 0.1) is 6.92 Å². The number of ether oxygens (including phenoxy) is 1. The summed E-state index contributed by atoms with van der Waals surface area (Å²) < 4.78 is 10.2. The number of hydrogen-bond donors (Lipinski definition) is 1. The topological polar surface area (TPSA) is 71.8 Å². The molecule has 4 rings (SSSR count). The zero-order chi connectivity index (χ0) is 19.0. The van der Waals surface area contributed by atoms with E-state index >= 15 is 0 Å². The quantitative estimate of drug-likeness (QED) is 0.709. The Morgan fingerprint density at radius 3 is 2.74 bits per heavy atom. The molecule has 1 N–H and O–H groups in total. The Morgan fingerprint density at radius 2 is 1.96 bits per heavy atom. The Balaban J connectivity index is 1.89. The molecule has 1 aromatic heterocycles. The number of benzene rings is 2. The fraction of sp³-hybridized carbons (Fsp3) is 0.143. The van der Waals surface area contributed by atoms with Gasteiger partial charge in [0.05, 0.1) is 18.9 Å². The van der Waals surface area contributed by atoms with Gasteiger partial charge in [0.1, 0.15) is 6.17 Å². The van der Waals surface area contributed by atoms with Gasteiger partial charge in [-0.05, 0) is 42.8 Å². The molecule has 1 amide bonds. The predicted octanol–water partition coefficient (Wildman–Crippen LogP) is 4.15. The van der Waals surface area contributed by atoms with E-state index in [9.17, 15) is 9.59 Å². The normalized spacial score (nSPS) is 15.9. The summed E-state index contributed by atoms with van der Waals surface area (Å²) in [5.74, 6) is -0.677. The molecule has 27 heavy (non-hydrogen) atoms. The number of nitrogens with zero attached hydrogens (tertiary/aromatic N) is 1. The molecule has 2 aromatic carbocycles. The van der Waals surface area contributed by atoms with Crippen molar-refractivity contribution in [2.24, 2.45) is 0 Å². The van der Waals surface area contributed by atoms with E-state index in [0.717, 1.165) is 11.3 Å². The van der Waals surface area contributed by atoms with Crippen LogP contribution in [0.1, 0.15) is 38.2 Å². The van der Waals surface area contributed by atoms with Crippen LogP contribution < -0.4 is 10.2 Å². The third-order valence-electron chi connectivity index (χ3n) is 4.57. The molecule has 1 atom stereocenters. The molecule has 1 aliphatic rings. The van der Waals surface area contributed by atoms with Gasteiger partial charge in [0.2, 0.25) is 5.76 Å². The van der Waals surface area contributed by atoms with Crippen molar-refractivity contribution in [3.8, 4) is 0 Å². The van der Waals surface area contributed by atoms with Gasteiger partial charge in [-0.1, -0.05) is 24.3 Å². The molecule has 2 heterocycles. The summed E-state index contributed by atoms with van der Waals surface area (Å²) >= 11 is 0. The van der Waals surface area contributed by atoms with E-state index in [-0.39, 0.29) is 11.7 Å². The van der Waals surface area contributed by atoms with Crippen LogP contribution in [-0.4, -0.2) is 19.0 Å². The summed E-state index contributed by atoms with van der Waals surface area (Å²) in [5, 5.41) is 3.35. The first-order chi connectivity index (χ1) is 13.1. The largest absolute Gasteiger partial charge is 0.463 e. The Hall–Kier alpha value is -3.54. The molecule has 0 fully saturated rings. The first kappa shape index (κ1) is 16.9. The molecule has 6 heteroatoms. The molecular formula is C21H18N2O4. The van der Waals surface area contributed by atoms with Gasteiger partial charge in [0, 0.05) is 16.9 Å². The summed E-state index contributed by atoms with van der Waals surface area (Å²) in [4.78, 5) is 27.1. The van der Waals surface area contributed by atoms with Crippen molar-refractivity contribution in [3.63, 3.8) is 0 Å². The third-order valence-corrected chi connectivity index (χ3v) is 4.57. The first-order valence-electron chi connectivity index (χ1n) is 8.51. The van der Waals surface area contributed by atoms with E-state index in [0.29, 0.717) is 16.8 Å². The van der Waals surface area contributed by atoms with Crippen LogP contribution in [0.25, 0.3) is 0 Å². The maximum atomic E-state index is 13.3. The summed E-state index contributed by atoms with van der Waals surface area (Å²) in [6, 6.07) is 16.6. The number of esters is 1. The van der Waals surface area contributed by atoms with Crippen molar-refractivity contribution in [2.75, 3.05) is 17.3 Å². The molecule has 0 bridgehead atoms.